The van der Waals surface area contributed by atoms with Crippen molar-refractivity contribution in [3.8, 4) is 23.3 Å². The average Bonchev–Trinajstić information content (AvgIpc) is 3.18. The third-order valence-corrected chi connectivity index (χ3v) is 3.83. The average molecular weight is 451 g/mol. The van der Waals surface area contributed by atoms with Crippen LogP contribution in [-0.2, 0) is 26.4 Å². The Labute approximate surface area is 168 Å². The summed E-state index contributed by atoms with van der Waals surface area (Å²) in [6, 6.07) is 4.44. The molecule has 3 aromatic rings. The number of alkyl halides is 6. The molecule has 31 heavy (non-hydrogen) atoms. The Morgan fingerprint density at radius 3 is 1.55 bits per heavy atom. The number of rotatable bonds is 5. The quantitative estimate of drug-likeness (QED) is 0.317. The molecule has 0 saturated carbocycles. The van der Waals surface area contributed by atoms with Gasteiger partial charge in [-0.3, -0.25) is 10.1 Å². The van der Waals surface area contributed by atoms with E-state index in [2.05, 4.69) is 10.2 Å². The number of aromatic nitrogens is 4. The van der Waals surface area contributed by atoms with Gasteiger partial charge in [0.25, 0.3) is 0 Å². The highest BCUT2D eigenvalue weighted by Crippen LogP contribution is 2.42. The van der Waals surface area contributed by atoms with Gasteiger partial charge in [0.1, 0.15) is 0 Å². The van der Waals surface area contributed by atoms with Gasteiger partial charge in [-0.1, -0.05) is 6.07 Å². The van der Waals surface area contributed by atoms with E-state index in [1.165, 1.54) is 6.07 Å². The van der Waals surface area contributed by atoms with Gasteiger partial charge >= 0.3 is 18.0 Å². The number of hydrogen-bond acceptors (Lipinski definition) is 6. The number of para-hydroxylation sites is 1. The lowest BCUT2D eigenvalue weighted by atomic mass is 10.2. The number of aryl methyl sites for hydroxylation is 2. The first-order chi connectivity index (χ1) is 14.3. The maximum absolute atomic E-state index is 12.8. The normalized spacial score (nSPS) is 12.1. The summed E-state index contributed by atoms with van der Waals surface area (Å²) < 4.78 is 88.7. The van der Waals surface area contributed by atoms with E-state index < -0.39 is 57.6 Å². The molecule has 0 fully saturated rings. The molecule has 0 N–H and O–H groups in total. The van der Waals surface area contributed by atoms with Crippen LogP contribution in [-0.4, -0.2) is 24.5 Å². The number of ether oxygens (including phenoxy) is 2. The van der Waals surface area contributed by atoms with Crippen LogP contribution in [0.3, 0.4) is 0 Å². The number of nitro groups is 1. The molecule has 9 nitrogen and oxygen atoms in total. The molecule has 3 rings (SSSR count). The first kappa shape index (κ1) is 21.9. The summed E-state index contributed by atoms with van der Waals surface area (Å²) >= 11 is 0. The summed E-state index contributed by atoms with van der Waals surface area (Å²) in [6.45, 7) is 0. The van der Waals surface area contributed by atoms with Crippen molar-refractivity contribution in [1.82, 2.24) is 19.6 Å². The van der Waals surface area contributed by atoms with E-state index in [9.17, 15) is 36.5 Å². The first-order valence-electron chi connectivity index (χ1n) is 8.13. The predicted molar refractivity (Wildman–Crippen MR) is 89.7 cm³/mol. The lowest BCUT2D eigenvalue weighted by Crippen LogP contribution is -2.06. The number of hydrogen-bond donors (Lipinski definition) is 0. The Kier molecular flexibility index (Phi) is 5.29. The van der Waals surface area contributed by atoms with Gasteiger partial charge in [0.05, 0.1) is 4.92 Å². The van der Waals surface area contributed by atoms with Gasteiger partial charge in [0.2, 0.25) is 23.3 Å². The van der Waals surface area contributed by atoms with Crippen molar-refractivity contribution < 1.29 is 40.7 Å². The highest BCUT2D eigenvalue weighted by Gasteiger charge is 2.37. The molecule has 0 aliphatic heterocycles. The molecule has 0 unspecified atom stereocenters. The van der Waals surface area contributed by atoms with Crippen LogP contribution in [0.1, 0.15) is 11.4 Å². The van der Waals surface area contributed by atoms with Crippen molar-refractivity contribution in [2.75, 3.05) is 0 Å². The molecular formula is C16H11F6N5O4. The molecule has 2 heterocycles. The first-order valence-corrected chi connectivity index (χ1v) is 8.13. The maximum Gasteiger partial charge on any atom is 0.435 e. The molecule has 166 valence electrons. The second-order valence-electron chi connectivity index (χ2n) is 6.04. The molecule has 0 amide bonds. The Morgan fingerprint density at radius 2 is 1.26 bits per heavy atom. The minimum absolute atomic E-state index is 0.465. The summed E-state index contributed by atoms with van der Waals surface area (Å²) in [6.07, 6.45) is -9.54. The Balaban J connectivity index is 1.99. The number of halogens is 6. The van der Waals surface area contributed by atoms with E-state index in [-0.39, 0.29) is 0 Å². The number of benzene rings is 1. The van der Waals surface area contributed by atoms with E-state index in [0.717, 1.165) is 35.6 Å². The highest BCUT2D eigenvalue weighted by atomic mass is 19.4. The molecule has 0 spiro atoms. The zero-order chi connectivity index (χ0) is 23.1. The second-order valence-corrected chi connectivity index (χ2v) is 6.04. The fourth-order valence-corrected chi connectivity index (χ4v) is 2.44. The van der Waals surface area contributed by atoms with Gasteiger partial charge in [-0.15, -0.1) is 0 Å². The fourth-order valence-electron chi connectivity index (χ4n) is 2.44. The van der Waals surface area contributed by atoms with Gasteiger partial charge in [-0.2, -0.15) is 36.5 Å². The zero-order valence-corrected chi connectivity index (χ0v) is 15.5. The van der Waals surface area contributed by atoms with E-state index in [1.807, 2.05) is 0 Å². The molecule has 0 saturated heterocycles. The van der Waals surface area contributed by atoms with Crippen LogP contribution in [0.2, 0.25) is 0 Å². The number of nitro benzene ring substituents is 1. The summed E-state index contributed by atoms with van der Waals surface area (Å²) in [7, 11) is 2.26. The largest absolute Gasteiger partial charge is 0.435 e. The van der Waals surface area contributed by atoms with Crippen LogP contribution in [0.4, 0.5) is 32.0 Å². The number of nitrogens with zero attached hydrogens (tertiary/aromatic N) is 5. The molecule has 2 aromatic heterocycles. The van der Waals surface area contributed by atoms with Gasteiger partial charge < -0.3 is 9.47 Å². The summed E-state index contributed by atoms with van der Waals surface area (Å²) in [5.41, 5.74) is -3.39. The van der Waals surface area contributed by atoms with Gasteiger partial charge in [0.15, 0.2) is 11.4 Å². The molecule has 15 heteroatoms. The van der Waals surface area contributed by atoms with Crippen LogP contribution in [0.5, 0.6) is 23.3 Å². The van der Waals surface area contributed by atoms with Crippen LogP contribution in [0, 0.1) is 10.1 Å². The maximum atomic E-state index is 12.8. The third kappa shape index (κ3) is 4.54. The van der Waals surface area contributed by atoms with Gasteiger partial charge in [0, 0.05) is 26.2 Å². The van der Waals surface area contributed by atoms with Crippen molar-refractivity contribution >= 4 is 5.69 Å². The topological polar surface area (TPSA) is 97.2 Å². The van der Waals surface area contributed by atoms with Crippen molar-refractivity contribution in [1.29, 1.82) is 0 Å². The molecule has 0 atom stereocenters. The highest BCUT2D eigenvalue weighted by molar-refractivity contribution is 5.59. The van der Waals surface area contributed by atoms with Crippen LogP contribution in [0.15, 0.2) is 30.3 Å². The van der Waals surface area contributed by atoms with Crippen molar-refractivity contribution in [3.63, 3.8) is 0 Å². The Morgan fingerprint density at radius 1 is 0.871 bits per heavy atom. The lowest BCUT2D eigenvalue weighted by Gasteiger charge is -2.10. The standard InChI is InChI=1S/C16H11F6N5O4/c1-25-12(6-10(23-25)15(17,18)19)30-8-4-3-5-9(14(8)27(28)29)31-13-7-11(16(20,21)22)24-26(13)2/h3-7H,1-2H3. The van der Waals surface area contributed by atoms with Crippen molar-refractivity contribution in [3.05, 3.63) is 51.8 Å². The van der Waals surface area contributed by atoms with E-state index in [1.54, 1.807) is 0 Å². The van der Waals surface area contributed by atoms with Gasteiger partial charge in [-0.25, -0.2) is 9.36 Å². The second kappa shape index (κ2) is 7.48. The molecular weight excluding hydrogens is 440 g/mol. The van der Waals surface area contributed by atoms with Crippen LogP contribution in [0.25, 0.3) is 0 Å². The monoisotopic (exact) mass is 451 g/mol. The summed E-state index contributed by atoms with van der Waals surface area (Å²) in [4.78, 5) is 10.6. The van der Waals surface area contributed by atoms with Crippen molar-refractivity contribution in [2.24, 2.45) is 14.1 Å². The molecule has 1 aromatic carbocycles. The smallest absolute Gasteiger partial charge is 0.432 e. The SMILES string of the molecule is Cn1nc(C(F)(F)F)cc1Oc1cccc(Oc2cc(C(F)(F)F)nn2C)c1[N+](=O)[O-]. The molecule has 0 radical (unpaired) electrons. The summed E-state index contributed by atoms with van der Waals surface area (Å²) in [5.74, 6) is -1.96. The minimum Gasteiger partial charge on any atom is -0.432 e. The van der Waals surface area contributed by atoms with Gasteiger partial charge in [-0.05, 0) is 12.1 Å². The van der Waals surface area contributed by atoms with E-state index in [0.29, 0.717) is 12.1 Å². The fraction of sp³-hybridized carbons (Fsp3) is 0.250. The predicted octanol–water partition coefficient (Wildman–Crippen LogP) is 4.68. The lowest BCUT2D eigenvalue weighted by molar-refractivity contribution is -0.386. The van der Waals surface area contributed by atoms with E-state index >= 15 is 0 Å². The summed E-state index contributed by atoms with van der Waals surface area (Å²) in [5, 5.41) is 18.0. The Bertz CT molecular complexity index is 1060. The Hall–Kier alpha value is -3.78. The molecule has 0 aliphatic carbocycles. The molecule has 0 aliphatic rings. The van der Waals surface area contributed by atoms with Crippen LogP contribution < -0.4 is 9.47 Å². The third-order valence-electron chi connectivity index (χ3n) is 3.83. The van der Waals surface area contributed by atoms with E-state index in [4.69, 9.17) is 9.47 Å². The minimum atomic E-state index is -4.77. The molecule has 0 bridgehead atoms. The van der Waals surface area contributed by atoms with Crippen LogP contribution >= 0.6 is 0 Å². The van der Waals surface area contributed by atoms with Crippen molar-refractivity contribution in [2.45, 2.75) is 12.4 Å². The zero-order valence-electron chi connectivity index (χ0n) is 15.5.